The van der Waals surface area contributed by atoms with Crippen LogP contribution in [0.2, 0.25) is 0 Å². The molecule has 0 aromatic rings. The summed E-state index contributed by atoms with van der Waals surface area (Å²) in [4.78, 5) is 24.3. The van der Waals surface area contributed by atoms with Crippen molar-refractivity contribution in [3.63, 3.8) is 0 Å². The van der Waals surface area contributed by atoms with Crippen LogP contribution in [0.15, 0.2) is 22.4 Å². The number of methoxy groups -OCH3 is 2. The van der Waals surface area contributed by atoms with E-state index in [1.165, 1.54) is 14.2 Å². The third-order valence-electron chi connectivity index (χ3n) is 2.61. The summed E-state index contributed by atoms with van der Waals surface area (Å²) in [6.45, 7) is 0. The molecule has 0 spiro atoms. The van der Waals surface area contributed by atoms with Crippen molar-refractivity contribution in [1.82, 2.24) is 4.90 Å². The number of carbonyl (C=O) groups is 2. The van der Waals surface area contributed by atoms with E-state index in [4.69, 9.17) is 26.2 Å². The van der Waals surface area contributed by atoms with Gasteiger partial charge in [-0.15, -0.1) is 0 Å². The highest BCUT2D eigenvalue weighted by atomic mass is 35.5. The van der Waals surface area contributed by atoms with Crippen LogP contribution in [0.4, 0.5) is 0 Å². The van der Waals surface area contributed by atoms with Crippen molar-refractivity contribution in [3.8, 4) is 0 Å². The van der Waals surface area contributed by atoms with Gasteiger partial charge in [0.2, 0.25) is 11.6 Å². The molecular formula is C11H14ClNO5. The first-order valence-electron chi connectivity index (χ1n) is 4.99. The van der Waals surface area contributed by atoms with Crippen LogP contribution in [0.25, 0.3) is 0 Å². The van der Waals surface area contributed by atoms with Gasteiger partial charge in [0.25, 0.3) is 0 Å². The first kappa shape index (κ1) is 14.7. The molecule has 18 heavy (non-hydrogen) atoms. The summed E-state index contributed by atoms with van der Waals surface area (Å²) >= 11 is 5.94. The molecule has 1 N–H and O–H groups in total. The van der Waals surface area contributed by atoms with E-state index in [0.717, 1.165) is 6.08 Å². The van der Waals surface area contributed by atoms with E-state index in [1.807, 2.05) is 0 Å². The molecule has 7 heteroatoms. The minimum Gasteiger partial charge on any atom is -0.478 e. The van der Waals surface area contributed by atoms with Crippen molar-refractivity contribution in [1.29, 1.82) is 0 Å². The smallest absolute Gasteiger partial charge is 0.328 e. The van der Waals surface area contributed by atoms with Gasteiger partial charge in [-0.1, -0.05) is 11.6 Å². The number of hydrogen-bond acceptors (Lipinski definition) is 5. The predicted octanol–water partition coefficient (Wildman–Crippen LogP) is 0.581. The van der Waals surface area contributed by atoms with Crippen molar-refractivity contribution in [2.24, 2.45) is 0 Å². The van der Waals surface area contributed by atoms with Crippen LogP contribution in [0.1, 0.15) is 0 Å². The van der Waals surface area contributed by atoms with E-state index in [9.17, 15) is 9.59 Å². The molecule has 0 unspecified atom stereocenters. The molecule has 6 nitrogen and oxygen atoms in total. The van der Waals surface area contributed by atoms with E-state index in [0.29, 0.717) is 0 Å². The van der Waals surface area contributed by atoms with Gasteiger partial charge in [-0.3, -0.25) is 4.79 Å². The Morgan fingerprint density at radius 1 is 1.39 bits per heavy atom. The zero-order chi connectivity index (χ0) is 14.1. The standard InChI is InChI=1S/C11H14ClNO5/c1-13(2)10-8(12)9(16)6(5-7(14)15)11(10,17-3)18-4/h5H,1-4H3,(H,14,15)/b6-5+. The highest BCUT2D eigenvalue weighted by molar-refractivity contribution is 6.47. The van der Waals surface area contributed by atoms with Crippen LogP contribution in [-0.4, -0.2) is 55.9 Å². The number of likely N-dealkylation sites (N-methyl/N-ethyl adjacent to an activating group) is 1. The Morgan fingerprint density at radius 2 is 1.89 bits per heavy atom. The molecule has 0 aromatic heterocycles. The van der Waals surface area contributed by atoms with Gasteiger partial charge in [0.15, 0.2) is 0 Å². The van der Waals surface area contributed by atoms with Crippen molar-refractivity contribution >= 4 is 23.4 Å². The summed E-state index contributed by atoms with van der Waals surface area (Å²) in [6.07, 6.45) is 0.744. The van der Waals surface area contributed by atoms with Crippen LogP contribution >= 0.6 is 11.6 Å². The minimum absolute atomic E-state index is 0.115. The number of carbonyl (C=O) groups excluding carboxylic acids is 1. The molecule has 0 bridgehead atoms. The Kier molecular flexibility index (Phi) is 4.16. The highest BCUT2D eigenvalue weighted by Gasteiger charge is 2.52. The van der Waals surface area contributed by atoms with Gasteiger partial charge in [-0.25, -0.2) is 4.79 Å². The maximum Gasteiger partial charge on any atom is 0.328 e. The molecule has 0 heterocycles. The normalized spacial score (nSPS) is 20.7. The van der Waals surface area contributed by atoms with Gasteiger partial charge in [0, 0.05) is 34.4 Å². The Hall–Kier alpha value is -1.37. The fraction of sp³-hybridized carbons (Fsp3) is 0.455. The number of carboxylic acid groups (broad SMARTS) is 1. The molecule has 0 aliphatic heterocycles. The molecule has 1 aliphatic rings. The number of hydrogen-bond donors (Lipinski definition) is 1. The molecule has 0 saturated heterocycles. The second kappa shape index (κ2) is 5.09. The van der Waals surface area contributed by atoms with Crippen LogP contribution in [0.3, 0.4) is 0 Å². The lowest BCUT2D eigenvalue weighted by molar-refractivity contribution is -0.160. The Balaban J connectivity index is 3.53. The topological polar surface area (TPSA) is 76.1 Å². The van der Waals surface area contributed by atoms with Crippen LogP contribution in [0, 0.1) is 0 Å². The van der Waals surface area contributed by atoms with E-state index in [-0.39, 0.29) is 16.3 Å². The number of ether oxygens (including phenoxy) is 2. The molecule has 0 fully saturated rings. The van der Waals surface area contributed by atoms with Crippen LogP contribution in [0.5, 0.6) is 0 Å². The zero-order valence-corrected chi connectivity index (χ0v) is 11.2. The van der Waals surface area contributed by atoms with Crippen LogP contribution < -0.4 is 0 Å². The Bertz CT molecular complexity index is 448. The molecule has 0 atom stereocenters. The van der Waals surface area contributed by atoms with Gasteiger partial charge >= 0.3 is 5.97 Å². The number of ketones is 1. The van der Waals surface area contributed by atoms with Gasteiger partial charge in [0.1, 0.15) is 10.7 Å². The maximum absolute atomic E-state index is 12.0. The second-order valence-corrected chi connectivity index (χ2v) is 4.19. The zero-order valence-electron chi connectivity index (χ0n) is 10.5. The number of carboxylic acids is 1. The third kappa shape index (κ3) is 2.03. The predicted molar refractivity (Wildman–Crippen MR) is 64.0 cm³/mol. The highest BCUT2D eigenvalue weighted by Crippen LogP contribution is 2.43. The molecule has 1 rings (SSSR count). The van der Waals surface area contributed by atoms with Crippen molar-refractivity contribution in [2.75, 3.05) is 28.3 Å². The minimum atomic E-state index is -1.59. The second-order valence-electron chi connectivity index (χ2n) is 3.81. The lowest BCUT2D eigenvalue weighted by atomic mass is 10.1. The maximum atomic E-state index is 12.0. The van der Waals surface area contributed by atoms with E-state index in [1.54, 1.807) is 19.0 Å². The Morgan fingerprint density at radius 3 is 2.22 bits per heavy atom. The number of nitrogens with zero attached hydrogens (tertiary/aromatic N) is 1. The van der Waals surface area contributed by atoms with E-state index < -0.39 is 17.5 Å². The summed E-state index contributed by atoms with van der Waals surface area (Å²) < 4.78 is 10.4. The summed E-state index contributed by atoms with van der Waals surface area (Å²) in [6, 6.07) is 0. The molecule has 0 radical (unpaired) electrons. The lowest BCUT2D eigenvalue weighted by Crippen LogP contribution is -2.41. The van der Waals surface area contributed by atoms with Crippen molar-refractivity contribution in [3.05, 3.63) is 22.4 Å². The molecule has 0 amide bonds. The fourth-order valence-corrected chi connectivity index (χ4v) is 2.31. The molecule has 100 valence electrons. The first-order chi connectivity index (χ1) is 8.31. The number of aliphatic carboxylic acids is 1. The average molecular weight is 276 g/mol. The Labute approximate surface area is 109 Å². The van der Waals surface area contributed by atoms with Crippen LogP contribution in [-0.2, 0) is 19.1 Å². The molecule has 1 aliphatic carbocycles. The molecule has 0 saturated carbocycles. The van der Waals surface area contributed by atoms with Gasteiger partial charge < -0.3 is 19.5 Å². The molecular weight excluding hydrogens is 262 g/mol. The fourth-order valence-electron chi connectivity index (χ4n) is 1.92. The van der Waals surface area contributed by atoms with E-state index in [2.05, 4.69) is 0 Å². The number of allylic oxidation sites excluding steroid dienone is 1. The van der Waals surface area contributed by atoms with Gasteiger partial charge in [-0.05, 0) is 0 Å². The first-order valence-corrected chi connectivity index (χ1v) is 5.37. The number of rotatable bonds is 4. The number of Topliss-reactive ketones (excluding diaryl/α,β-unsaturated/α-hetero) is 1. The SMILES string of the molecule is COC1(OC)C(N(C)C)=C(Cl)C(=O)/C1=C\C(=O)O. The monoisotopic (exact) mass is 275 g/mol. The summed E-state index contributed by atoms with van der Waals surface area (Å²) in [7, 11) is 5.93. The van der Waals surface area contributed by atoms with Crippen molar-refractivity contribution in [2.45, 2.75) is 5.79 Å². The summed E-state index contributed by atoms with van der Waals surface area (Å²) in [5, 5.41) is 8.70. The lowest BCUT2D eigenvalue weighted by Gasteiger charge is -2.33. The number of halogens is 1. The summed E-state index contributed by atoms with van der Waals surface area (Å²) in [5.74, 6) is -3.48. The largest absolute Gasteiger partial charge is 0.478 e. The van der Waals surface area contributed by atoms with Crippen molar-refractivity contribution < 1.29 is 24.2 Å². The summed E-state index contributed by atoms with van der Waals surface area (Å²) in [5.41, 5.74) is 0.111. The van der Waals surface area contributed by atoms with Gasteiger partial charge in [0.05, 0.1) is 5.57 Å². The average Bonchev–Trinajstić information content (AvgIpc) is 2.50. The van der Waals surface area contributed by atoms with Gasteiger partial charge in [-0.2, -0.15) is 0 Å². The van der Waals surface area contributed by atoms with E-state index >= 15 is 0 Å². The molecule has 0 aromatic carbocycles. The quantitative estimate of drug-likeness (QED) is 0.597. The third-order valence-corrected chi connectivity index (χ3v) is 2.96.